The van der Waals surface area contributed by atoms with Gasteiger partial charge >= 0.3 is 0 Å². The zero-order valence-corrected chi connectivity index (χ0v) is 10.3. The molecule has 4 nitrogen and oxygen atoms in total. The van der Waals surface area contributed by atoms with Crippen molar-refractivity contribution < 1.29 is 4.79 Å². The second-order valence-electron chi connectivity index (χ2n) is 4.25. The van der Waals surface area contributed by atoms with Crippen LogP contribution in [0.4, 0.5) is 5.69 Å². The van der Waals surface area contributed by atoms with Gasteiger partial charge in [-0.25, -0.2) is 0 Å². The standard InChI is InChI=1S/C12H16ClN3O/c13-8-3-4-11(10(6-8)12(15)17)16-5-1-2-9(16)7-14/h3-4,6,9H,1-2,5,7,14H2,(H2,15,17). The number of rotatable bonds is 3. The monoisotopic (exact) mass is 253 g/mol. The fourth-order valence-electron chi connectivity index (χ4n) is 2.35. The maximum atomic E-state index is 11.4. The first-order valence-electron chi connectivity index (χ1n) is 5.69. The van der Waals surface area contributed by atoms with Crippen molar-refractivity contribution in [1.82, 2.24) is 0 Å². The topological polar surface area (TPSA) is 72.3 Å². The van der Waals surface area contributed by atoms with E-state index < -0.39 is 5.91 Å². The lowest BCUT2D eigenvalue weighted by atomic mass is 10.1. The van der Waals surface area contributed by atoms with Gasteiger partial charge in [0, 0.05) is 29.8 Å². The van der Waals surface area contributed by atoms with E-state index in [0.29, 0.717) is 17.1 Å². The summed E-state index contributed by atoms with van der Waals surface area (Å²) in [5, 5.41) is 0.519. The third-order valence-electron chi connectivity index (χ3n) is 3.18. The molecule has 1 fully saturated rings. The van der Waals surface area contributed by atoms with Crippen molar-refractivity contribution in [2.45, 2.75) is 18.9 Å². The van der Waals surface area contributed by atoms with Crippen molar-refractivity contribution >= 4 is 23.2 Å². The summed E-state index contributed by atoms with van der Waals surface area (Å²) in [7, 11) is 0. The summed E-state index contributed by atoms with van der Waals surface area (Å²) < 4.78 is 0. The fourth-order valence-corrected chi connectivity index (χ4v) is 2.53. The molecular weight excluding hydrogens is 238 g/mol. The highest BCUT2D eigenvalue weighted by Crippen LogP contribution is 2.30. The number of carbonyl (C=O) groups is 1. The number of anilines is 1. The summed E-state index contributed by atoms with van der Waals surface area (Å²) in [5.41, 5.74) is 12.4. The zero-order valence-electron chi connectivity index (χ0n) is 9.53. The molecule has 0 saturated carbocycles. The summed E-state index contributed by atoms with van der Waals surface area (Å²) in [6, 6.07) is 5.52. The molecule has 4 N–H and O–H groups in total. The average Bonchev–Trinajstić information content (AvgIpc) is 2.76. The van der Waals surface area contributed by atoms with Crippen LogP contribution in [-0.2, 0) is 0 Å². The summed E-state index contributed by atoms with van der Waals surface area (Å²) in [5.74, 6) is -0.454. The van der Waals surface area contributed by atoms with E-state index >= 15 is 0 Å². The van der Waals surface area contributed by atoms with Gasteiger partial charge in [0.05, 0.1) is 5.56 Å². The van der Waals surface area contributed by atoms with Crippen LogP contribution in [0.5, 0.6) is 0 Å². The Morgan fingerprint density at radius 3 is 2.94 bits per heavy atom. The van der Waals surface area contributed by atoms with Gasteiger partial charge < -0.3 is 16.4 Å². The van der Waals surface area contributed by atoms with Crippen LogP contribution in [0.3, 0.4) is 0 Å². The molecule has 2 rings (SSSR count). The van der Waals surface area contributed by atoms with E-state index in [9.17, 15) is 4.79 Å². The second kappa shape index (κ2) is 4.94. The molecule has 17 heavy (non-hydrogen) atoms. The van der Waals surface area contributed by atoms with E-state index in [1.165, 1.54) is 0 Å². The third-order valence-corrected chi connectivity index (χ3v) is 3.42. The van der Waals surface area contributed by atoms with Crippen LogP contribution < -0.4 is 16.4 Å². The Morgan fingerprint density at radius 2 is 2.29 bits per heavy atom. The molecule has 1 heterocycles. The first-order chi connectivity index (χ1) is 8.13. The predicted octanol–water partition coefficient (Wildman–Crippen LogP) is 1.37. The Balaban J connectivity index is 2.40. The Labute approximate surface area is 106 Å². The van der Waals surface area contributed by atoms with Gasteiger partial charge in [-0.05, 0) is 31.0 Å². The SMILES string of the molecule is NCC1CCCN1c1ccc(Cl)cc1C(N)=O. The molecule has 0 spiro atoms. The quantitative estimate of drug-likeness (QED) is 0.855. The zero-order chi connectivity index (χ0) is 12.4. The van der Waals surface area contributed by atoms with Gasteiger partial charge in [-0.3, -0.25) is 4.79 Å². The smallest absolute Gasteiger partial charge is 0.250 e. The fraction of sp³-hybridized carbons (Fsp3) is 0.417. The van der Waals surface area contributed by atoms with Gasteiger partial charge in [0.15, 0.2) is 0 Å². The highest BCUT2D eigenvalue weighted by molar-refractivity contribution is 6.31. The Kier molecular flexibility index (Phi) is 3.54. The number of hydrogen-bond acceptors (Lipinski definition) is 3. The number of nitrogens with zero attached hydrogens (tertiary/aromatic N) is 1. The van der Waals surface area contributed by atoms with Crippen LogP contribution in [-0.4, -0.2) is 25.0 Å². The summed E-state index contributed by atoms with van der Waals surface area (Å²) in [4.78, 5) is 13.6. The van der Waals surface area contributed by atoms with Crippen LogP contribution in [0.25, 0.3) is 0 Å². The van der Waals surface area contributed by atoms with Crippen LogP contribution >= 0.6 is 11.6 Å². The van der Waals surface area contributed by atoms with Gasteiger partial charge in [-0.2, -0.15) is 0 Å². The Morgan fingerprint density at radius 1 is 1.53 bits per heavy atom. The maximum absolute atomic E-state index is 11.4. The molecule has 1 unspecified atom stereocenters. The first kappa shape index (κ1) is 12.2. The molecule has 1 amide bonds. The lowest BCUT2D eigenvalue weighted by Crippen LogP contribution is -2.36. The highest BCUT2D eigenvalue weighted by Gasteiger charge is 2.26. The summed E-state index contributed by atoms with van der Waals surface area (Å²) in [6.07, 6.45) is 2.14. The molecule has 0 aromatic heterocycles. The molecule has 92 valence electrons. The molecule has 1 atom stereocenters. The van der Waals surface area contributed by atoms with Crippen molar-refractivity contribution in [2.24, 2.45) is 11.5 Å². The van der Waals surface area contributed by atoms with E-state index in [-0.39, 0.29) is 6.04 Å². The second-order valence-corrected chi connectivity index (χ2v) is 4.69. The predicted molar refractivity (Wildman–Crippen MR) is 69.4 cm³/mol. The minimum Gasteiger partial charge on any atom is -0.367 e. The maximum Gasteiger partial charge on any atom is 0.250 e. The lowest BCUT2D eigenvalue weighted by molar-refractivity contribution is 0.100. The van der Waals surface area contributed by atoms with Crippen LogP contribution in [0.1, 0.15) is 23.2 Å². The molecule has 5 heteroatoms. The number of hydrogen-bond donors (Lipinski definition) is 2. The molecule has 1 aromatic rings. The van der Waals surface area contributed by atoms with Gasteiger partial charge in [0.1, 0.15) is 0 Å². The van der Waals surface area contributed by atoms with Crippen molar-refractivity contribution in [3.05, 3.63) is 28.8 Å². The van der Waals surface area contributed by atoms with E-state index in [2.05, 4.69) is 4.90 Å². The lowest BCUT2D eigenvalue weighted by Gasteiger charge is -2.27. The molecule has 1 saturated heterocycles. The van der Waals surface area contributed by atoms with Gasteiger partial charge in [-0.1, -0.05) is 11.6 Å². The normalized spacial score (nSPS) is 19.6. The van der Waals surface area contributed by atoms with E-state index in [4.69, 9.17) is 23.1 Å². The summed E-state index contributed by atoms with van der Waals surface area (Å²) in [6.45, 7) is 1.49. The number of primary amides is 1. The number of halogens is 1. The van der Waals surface area contributed by atoms with Crippen LogP contribution in [0.15, 0.2) is 18.2 Å². The van der Waals surface area contributed by atoms with E-state index in [1.807, 2.05) is 6.07 Å². The Bertz CT molecular complexity index is 436. The molecule has 0 radical (unpaired) electrons. The van der Waals surface area contributed by atoms with Crippen molar-refractivity contribution in [1.29, 1.82) is 0 Å². The largest absolute Gasteiger partial charge is 0.367 e. The van der Waals surface area contributed by atoms with Gasteiger partial charge in [0.2, 0.25) is 0 Å². The number of nitrogens with two attached hydrogens (primary N) is 2. The minimum atomic E-state index is -0.454. The summed E-state index contributed by atoms with van der Waals surface area (Å²) >= 11 is 5.89. The van der Waals surface area contributed by atoms with Crippen molar-refractivity contribution in [3.63, 3.8) is 0 Å². The molecular formula is C12H16ClN3O. The molecule has 1 aliphatic rings. The first-order valence-corrected chi connectivity index (χ1v) is 6.07. The van der Waals surface area contributed by atoms with Crippen molar-refractivity contribution in [2.75, 3.05) is 18.0 Å². The number of amides is 1. The van der Waals surface area contributed by atoms with E-state index in [1.54, 1.807) is 12.1 Å². The molecule has 1 aliphatic heterocycles. The highest BCUT2D eigenvalue weighted by atomic mass is 35.5. The van der Waals surface area contributed by atoms with Crippen LogP contribution in [0.2, 0.25) is 5.02 Å². The van der Waals surface area contributed by atoms with Gasteiger partial charge in [0.25, 0.3) is 5.91 Å². The van der Waals surface area contributed by atoms with Gasteiger partial charge in [-0.15, -0.1) is 0 Å². The van der Waals surface area contributed by atoms with Crippen LogP contribution in [0, 0.1) is 0 Å². The average molecular weight is 254 g/mol. The number of benzene rings is 1. The minimum absolute atomic E-state index is 0.286. The van der Waals surface area contributed by atoms with E-state index in [0.717, 1.165) is 25.1 Å². The molecule has 1 aromatic carbocycles. The molecule has 0 bridgehead atoms. The van der Waals surface area contributed by atoms with Crippen molar-refractivity contribution in [3.8, 4) is 0 Å². The Hall–Kier alpha value is -1.26. The molecule has 0 aliphatic carbocycles. The third kappa shape index (κ3) is 2.37. The number of carbonyl (C=O) groups excluding carboxylic acids is 1.